The van der Waals surface area contributed by atoms with Crippen LogP contribution in [0.2, 0.25) is 0 Å². The Hall–Kier alpha value is -3.09. The number of aryl methyl sites for hydroxylation is 1. The van der Waals surface area contributed by atoms with Gasteiger partial charge in [0.25, 0.3) is 0 Å². The number of fused-ring (bicyclic) bond motifs is 1. The van der Waals surface area contributed by atoms with Gasteiger partial charge in [-0.3, -0.25) is 0 Å². The van der Waals surface area contributed by atoms with Gasteiger partial charge in [0.2, 0.25) is 0 Å². The predicted octanol–water partition coefficient (Wildman–Crippen LogP) is 5.59. The molecule has 1 N–H and O–H groups in total. The molecule has 0 spiro atoms. The topological polar surface area (TPSA) is 46.5 Å². The third-order valence-corrected chi connectivity index (χ3v) is 6.07. The molecular weight excluding hydrogens is 394 g/mol. The molecule has 6 heteroatoms. The number of nitrogens with one attached hydrogen (secondary N) is 1. The van der Waals surface area contributed by atoms with Crippen molar-refractivity contribution in [1.82, 2.24) is 9.47 Å². The Kier molecular flexibility index (Phi) is 6.16. The van der Waals surface area contributed by atoms with Crippen molar-refractivity contribution in [2.75, 3.05) is 25.6 Å². The Morgan fingerprint density at radius 3 is 2.57 bits per heavy atom. The minimum atomic E-state index is -0.136. The quantitative estimate of drug-likeness (QED) is 0.425. The fourth-order valence-corrected chi connectivity index (χ4v) is 4.56. The Bertz CT molecular complexity index is 1120. The smallest absolute Gasteiger partial charge is 0.322 e. The van der Waals surface area contributed by atoms with Crippen LogP contribution in [0.1, 0.15) is 5.56 Å². The fourth-order valence-electron chi connectivity index (χ4n) is 3.73. The third kappa shape index (κ3) is 4.10. The monoisotopic (exact) mass is 419 g/mol. The molecule has 2 aromatic heterocycles. The van der Waals surface area contributed by atoms with Crippen LogP contribution in [0.5, 0.6) is 0 Å². The number of ether oxygens (including phenoxy) is 1. The van der Waals surface area contributed by atoms with E-state index in [9.17, 15) is 4.79 Å². The zero-order chi connectivity index (χ0) is 20.9. The summed E-state index contributed by atoms with van der Waals surface area (Å²) in [5, 5.41) is 6.26. The summed E-state index contributed by atoms with van der Waals surface area (Å²) in [6, 6.07) is 21.9. The summed E-state index contributed by atoms with van der Waals surface area (Å²) < 4.78 is 7.50. The largest absolute Gasteiger partial charge is 0.383 e. The standard InChI is InChI=1S/C24H25N3O2S/c1-26-21-12-7-6-11-19(21)20(23(26)22-13-8-16-30-22)17-27(14-15-29-2)24(28)25-18-9-4-3-5-10-18/h3-13,16H,14-15,17H2,1-2H3,(H,25,28). The maximum absolute atomic E-state index is 13.1. The second-order valence-electron chi connectivity index (χ2n) is 7.09. The Morgan fingerprint density at radius 1 is 1.07 bits per heavy atom. The molecule has 0 radical (unpaired) electrons. The Labute approximate surface area is 180 Å². The number of amides is 2. The molecule has 2 heterocycles. The van der Waals surface area contributed by atoms with Crippen LogP contribution in [0.4, 0.5) is 10.5 Å². The second kappa shape index (κ2) is 9.15. The van der Waals surface area contributed by atoms with Crippen molar-refractivity contribution >= 4 is 34.0 Å². The van der Waals surface area contributed by atoms with E-state index >= 15 is 0 Å². The first-order valence-electron chi connectivity index (χ1n) is 9.89. The van der Waals surface area contributed by atoms with E-state index in [-0.39, 0.29) is 6.03 Å². The molecule has 4 rings (SSSR count). The fraction of sp³-hybridized carbons (Fsp3) is 0.208. The highest BCUT2D eigenvalue weighted by molar-refractivity contribution is 7.13. The highest BCUT2D eigenvalue weighted by Crippen LogP contribution is 2.36. The average Bonchev–Trinajstić information content (AvgIpc) is 3.39. The molecule has 4 aromatic rings. The summed E-state index contributed by atoms with van der Waals surface area (Å²) in [7, 11) is 3.74. The summed E-state index contributed by atoms with van der Waals surface area (Å²) in [6.45, 7) is 1.47. The number of carbonyl (C=O) groups excluding carboxylic acids is 1. The zero-order valence-corrected chi connectivity index (χ0v) is 18.0. The van der Waals surface area contributed by atoms with Gasteiger partial charge < -0.3 is 19.5 Å². The van der Waals surface area contributed by atoms with Crippen LogP contribution < -0.4 is 5.32 Å². The summed E-state index contributed by atoms with van der Waals surface area (Å²) in [5.41, 5.74) is 4.24. The number of para-hydroxylation sites is 2. The summed E-state index contributed by atoms with van der Waals surface area (Å²) in [4.78, 5) is 16.1. The molecule has 0 bridgehead atoms. The van der Waals surface area contributed by atoms with E-state index in [0.29, 0.717) is 19.7 Å². The van der Waals surface area contributed by atoms with Crippen LogP contribution in [-0.4, -0.2) is 35.8 Å². The number of methoxy groups -OCH3 is 1. The number of benzene rings is 2. The lowest BCUT2D eigenvalue weighted by Gasteiger charge is -2.23. The van der Waals surface area contributed by atoms with Gasteiger partial charge in [0.05, 0.1) is 23.7 Å². The van der Waals surface area contributed by atoms with Gasteiger partial charge in [-0.25, -0.2) is 4.79 Å². The van der Waals surface area contributed by atoms with Crippen LogP contribution in [0.15, 0.2) is 72.1 Å². The molecule has 0 aliphatic heterocycles. The number of anilines is 1. The van der Waals surface area contributed by atoms with E-state index in [4.69, 9.17) is 4.74 Å². The predicted molar refractivity (Wildman–Crippen MR) is 124 cm³/mol. The molecule has 0 unspecified atom stereocenters. The summed E-state index contributed by atoms with van der Waals surface area (Å²) >= 11 is 1.71. The number of urea groups is 1. The van der Waals surface area contributed by atoms with Crippen molar-refractivity contribution in [3.8, 4) is 10.6 Å². The lowest BCUT2D eigenvalue weighted by molar-refractivity contribution is 0.153. The number of rotatable bonds is 7. The number of nitrogens with zero attached hydrogens (tertiary/aromatic N) is 2. The molecule has 154 valence electrons. The Balaban J connectivity index is 1.72. The van der Waals surface area contributed by atoms with Crippen LogP contribution in [-0.2, 0) is 18.3 Å². The third-order valence-electron chi connectivity index (χ3n) is 5.19. The maximum atomic E-state index is 13.1. The van der Waals surface area contributed by atoms with E-state index in [1.165, 1.54) is 10.3 Å². The first kappa shape index (κ1) is 20.2. The summed E-state index contributed by atoms with van der Waals surface area (Å²) in [6.07, 6.45) is 0. The van der Waals surface area contributed by atoms with Crippen LogP contribution in [0.3, 0.4) is 0 Å². The molecule has 0 saturated carbocycles. The minimum Gasteiger partial charge on any atom is -0.383 e. The second-order valence-corrected chi connectivity index (χ2v) is 8.04. The van der Waals surface area contributed by atoms with Gasteiger partial charge in [0, 0.05) is 42.9 Å². The van der Waals surface area contributed by atoms with Crippen LogP contribution >= 0.6 is 11.3 Å². The highest BCUT2D eigenvalue weighted by atomic mass is 32.1. The molecule has 0 aliphatic carbocycles. The Morgan fingerprint density at radius 2 is 1.83 bits per heavy atom. The van der Waals surface area contributed by atoms with Gasteiger partial charge in [-0.05, 0) is 29.6 Å². The van der Waals surface area contributed by atoms with Crippen LogP contribution in [0.25, 0.3) is 21.5 Å². The lowest BCUT2D eigenvalue weighted by atomic mass is 10.1. The normalized spacial score (nSPS) is 11.0. The van der Waals surface area contributed by atoms with E-state index in [1.54, 1.807) is 18.4 Å². The van der Waals surface area contributed by atoms with E-state index in [1.807, 2.05) is 41.3 Å². The van der Waals surface area contributed by atoms with Gasteiger partial charge in [-0.15, -0.1) is 11.3 Å². The molecule has 5 nitrogen and oxygen atoms in total. The SMILES string of the molecule is COCCN(Cc1c(-c2cccs2)n(C)c2ccccc12)C(=O)Nc1ccccc1. The van der Waals surface area contributed by atoms with Crippen LogP contribution in [0, 0.1) is 0 Å². The number of aromatic nitrogens is 1. The molecule has 0 atom stereocenters. The van der Waals surface area contributed by atoms with Gasteiger partial charge >= 0.3 is 6.03 Å². The van der Waals surface area contributed by atoms with E-state index in [2.05, 4.69) is 52.6 Å². The maximum Gasteiger partial charge on any atom is 0.322 e. The first-order chi connectivity index (χ1) is 14.7. The number of thiophene rings is 1. The molecule has 2 aromatic carbocycles. The van der Waals surface area contributed by atoms with Gasteiger partial charge in [-0.2, -0.15) is 0 Å². The van der Waals surface area contributed by atoms with E-state index < -0.39 is 0 Å². The van der Waals surface area contributed by atoms with Gasteiger partial charge in [-0.1, -0.05) is 42.5 Å². The summed E-state index contributed by atoms with van der Waals surface area (Å²) in [5.74, 6) is 0. The lowest BCUT2D eigenvalue weighted by Crippen LogP contribution is -2.37. The molecule has 2 amide bonds. The molecule has 0 fully saturated rings. The van der Waals surface area contributed by atoms with Crippen molar-refractivity contribution in [3.63, 3.8) is 0 Å². The van der Waals surface area contributed by atoms with Crippen molar-refractivity contribution in [1.29, 1.82) is 0 Å². The highest BCUT2D eigenvalue weighted by Gasteiger charge is 2.22. The minimum absolute atomic E-state index is 0.136. The average molecular weight is 420 g/mol. The van der Waals surface area contributed by atoms with Gasteiger partial charge in [0.1, 0.15) is 0 Å². The van der Waals surface area contributed by atoms with Crippen molar-refractivity contribution < 1.29 is 9.53 Å². The molecule has 30 heavy (non-hydrogen) atoms. The van der Waals surface area contributed by atoms with Gasteiger partial charge in [0.15, 0.2) is 0 Å². The zero-order valence-electron chi connectivity index (χ0n) is 17.2. The number of hydrogen-bond acceptors (Lipinski definition) is 3. The van der Waals surface area contributed by atoms with E-state index in [0.717, 1.165) is 22.5 Å². The molecule has 0 saturated heterocycles. The molecule has 0 aliphatic rings. The first-order valence-corrected chi connectivity index (χ1v) is 10.8. The number of hydrogen-bond donors (Lipinski definition) is 1. The van der Waals surface area contributed by atoms with Crippen molar-refractivity contribution in [2.45, 2.75) is 6.54 Å². The van der Waals surface area contributed by atoms with Crippen molar-refractivity contribution in [2.24, 2.45) is 7.05 Å². The van der Waals surface area contributed by atoms with Crippen molar-refractivity contribution in [3.05, 3.63) is 77.7 Å². The molecular formula is C24H25N3O2S. The number of carbonyl (C=O) groups is 1.